The first-order valence-corrected chi connectivity index (χ1v) is 15.4. The Morgan fingerprint density at radius 1 is 0.935 bits per heavy atom. The van der Waals surface area contributed by atoms with Gasteiger partial charge in [0.25, 0.3) is 0 Å². The summed E-state index contributed by atoms with van der Waals surface area (Å²) in [6, 6.07) is 0. The highest BCUT2D eigenvalue weighted by atomic mass is 127. The van der Waals surface area contributed by atoms with Crippen LogP contribution < -0.4 is 0 Å². The molecule has 31 heavy (non-hydrogen) atoms. The molecule has 0 aromatic heterocycles. The summed E-state index contributed by atoms with van der Waals surface area (Å²) in [5.41, 5.74) is -0.448. The molecule has 4 rings (SSSR count). The number of alkyl halides is 2. The van der Waals surface area contributed by atoms with E-state index in [9.17, 15) is 10.2 Å². The number of halogens is 2. The highest BCUT2D eigenvalue weighted by Crippen LogP contribution is 2.55. The molecule has 9 atom stereocenters. The van der Waals surface area contributed by atoms with Crippen LogP contribution in [-0.2, 0) is 14.2 Å². The first-order valence-electron chi connectivity index (χ1n) is 12.4. The predicted octanol–water partition coefficient (Wildman–Crippen LogP) is 5.22. The molecule has 9 unspecified atom stereocenters. The summed E-state index contributed by atoms with van der Waals surface area (Å²) < 4.78 is 20.9. The van der Waals surface area contributed by atoms with Gasteiger partial charge in [-0.05, 0) is 63.2 Å². The minimum atomic E-state index is -0.938. The molecule has 1 saturated heterocycles. The monoisotopic (exact) mass is 662 g/mol. The van der Waals surface area contributed by atoms with Crippen molar-refractivity contribution in [3.63, 3.8) is 0 Å². The highest BCUT2D eigenvalue weighted by Gasteiger charge is 2.56. The van der Waals surface area contributed by atoms with Gasteiger partial charge in [-0.2, -0.15) is 0 Å². The second kappa shape index (κ2) is 10.5. The molecule has 3 aliphatic carbocycles. The Hall–Kier alpha value is 1.26. The minimum Gasteiger partial charge on any atom is -0.372 e. The van der Waals surface area contributed by atoms with Gasteiger partial charge in [0.15, 0.2) is 12.6 Å². The van der Waals surface area contributed by atoms with Crippen molar-refractivity contribution < 1.29 is 24.4 Å². The molecule has 2 N–H and O–H groups in total. The fourth-order valence-corrected chi connectivity index (χ4v) is 8.80. The van der Waals surface area contributed by atoms with E-state index in [2.05, 4.69) is 59.0 Å². The lowest BCUT2D eigenvalue weighted by molar-refractivity contribution is -0.261. The second-order valence-electron chi connectivity index (χ2n) is 10.4. The second-order valence-corrected chi connectivity index (χ2v) is 12.2. The van der Waals surface area contributed by atoms with E-state index in [0.717, 1.165) is 59.7 Å². The summed E-state index contributed by atoms with van der Waals surface area (Å²) >= 11 is 4.67. The van der Waals surface area contributed by atoms with Crippen LogP contribution >= 0.6 is 45.2 Å². The van der Waals surface area contributed by atoms with Gasteiger partial charge in [0.05, 0.1) is 23.4 Å². The molecule has 3 saturated carbocycles. The zero-order valence-electron chi connectivity index (χ0n) is 19.0. The average Bonchev–Trinajstić information content (AvgIpc) is 3.55. The van der Waals surface area contributed by atoms with Crippen molar-refractivity contribution in [3.05, 3.63) is 0 Å². The lowest BCUT2D eigenvalue weighted by Gasteiger charge is -2.42. The van der Waals surface area contributed by atoms with Crippen LogP contribution in [0.3, 0.4) is 0 Å². The Bertz CT molecular complexity index is 601. The van der Waals surface area contributed by atoms with Gasteiger partial charge in [0, 0.05) is 20.7 Å². The molecule has 1 heterocycles. The molecule has 5 nitrogen and oxygen atoms in total. The van der Waals surface area contributed by atoms with Crippen LogP contribution in [0.1, 0.15) is 78.1 Å². The van der Waals surface area contributed by atoms with Crippen molar-refractivity contribution in [2.24, 2.45) is 23.7 Å². The van der Waals surface area contributed by atoms with Gasteiger partial charge in [-0.1, -0.05) is 71.9 Å². The van der Waals surface area contributed by atoms with E-state index >= 15 is 0 Å². The summed E-state index contributed by atoms with van der Waals surface area (Å²) in [4.78, 5) is 0. The van der Waals surface area contributed by atoms with E-state index in [0.29, 0.717) is 5.92 Å². The number of aliphatic hydroxyl groups excluding tert-OH is 2. The Labute approximate surface area is 215 Å². The first kappa shape index (κ1) is 25.4. The Balaban J connectivity index is 1.53. The van der Waals surface area contributed by atoms with E-state index in [1.807, 2.05) is 0 Å². The van der Waals surface area contributed by atoms with Gasteiger partial charge in [0.1, 0.15) is 0 Å². The number of rotatable bonds is 10. The topological polar surface area (TPSA) is 68.2 Å². The average molecular weight is 662 g/mol. The third kappa shape index (κ3) is 4.85. The molecular formula is C24H40I2O5. The van der Waals surface area contributed by atoms with Crippen LogP contribution in [0.25, 0.3) is 0 Å². The fraction of sp³-hybridized carbons (Fsp3) is 1.00. The third-order valence-electron chi connectivity index (χ3n) is 9.02. The van der Waals surface area contributed by atoms with Gasteiger partial charge in [-0.25, -0.2) is 0 Å². The maximum absolute atomic E-state index is 11.5. The molecule has 4 aliphatic rings. The zero-order chi connectivity index (χ0) is 22.2. The van der Waals surface area contributed by atoms with E-state index in [1.165, 1.54) is 19.3 Å². The number of fused-ring (bicyclic) bond motifs is 2. The molecular weight excluding hydrogens is 622 g/mol. The third-order valence-corrected chi connectivity index (χ3v) is 10.8. The predicted molar refractivity (Wildman–Crippen MR) is 138 cm³/mol. The zero-order valence-corrected chi connectivity index (χ0v) is 23.3. The molecule has 0 aromatic carbocycles. The van der Waals surface area contributed by atoms with Gasteiger partial charge >= 0.3 is 0 Å². The quantitative estimate of drug-likeness (QED) is 0.191. The van der Waals surface area contributed by atoms with Crippen molar-refractivity contribution in [2.45, 2.75) is 114 Å². The van der Waals surface area contributed by atoms with Gasteiger partial charge in [-0.3, -0.25) is 0 Å². The van der Waals surface area contributed by atoms with Crippen molar-refractivity contribution in [3.8, 4) is 0 Å². The fourth-order valence-electron chi connectivity index (χ4n) is 7.21. The molecule has 7 heteroatoms. The standard InChI is InChI=1S/C24H40I2O5/c1-3-23(9-5-6-10-23)30-21(27)19-17(13-25)29-18(14-26)20(19)22(28)31-24(4-2)12-15-7-8-16(24)11-15/h15-22,27-28H,3-14H2,1-2H3. The van der Waals surface area contributed by atoms with Crippen molar-refractivity contribution in [1.82, 2.24) is 0 Å². The van der Waals surface area contributed by atoms with E-state index < -0.39 is 12.6 Å². The Morgan fingerprint density at radius 2 is 1.55 bits per heavy atom. The molecule has 0 amide bonds. The molecule has 0 spiro atoms. The van der Waals surface area contributed by atoms with E-state index in [-0.39, 0.29) is 35.2 Å². The maximum Gasteiger partial charge on any atom is 0.161 e. The molecule has 0 radical (unpaired) electrons. The van der Waals surface area contributed by atoms with Crippen molar-refractivity contribution in [2.75, 3.05) is 8.86 Å². The number of hydrogen-bond acceptors (Lipinski definition) is 5. The number of aliphatic hydroxyl groups is 2. The molecule has 1 aliphatic heterocycles. The van der Waals surface area contributed by atoms with Crippen LogP contribution in [0.2, 0.25) is 0 Å². The van der Waals surface area contributed by atoms with Crippen LogP contribution in [0.4, 0.5) is 0 Å². The Kier molecular flexibility index (Phi) is 8.57. The first-order chi connectivity index (χ1) is 14.9. The molecule has 0 aromatic rings. The Morgan fingerprint density at radius 3 is 2.00 bits per heavy atom. The van der Waals surface area contributed by atoms with Crippen LogP contribution in [0, 0.1) is 23.7 Å². The normalized spacial score (nSPS) is 43.5. The summed E-state index contributed by atoms with van der Waals surface area (Å²) in [6.45, 7) is 4.35. The van der Waals surface area contributed by atoms with Crippen molar-refractivity contribution in [1.29, 1.82) is 0 Å². The lowest BCUT2D eigenvalue weighted by Crippen LogP contribution is -2.49. The van der Waals surface area contributed by atoms with Crippen LogP contribution in [-0.4, -0.2) is 55.1 Å². The number of ether oxygens (including phenoxy) is 3. The smallest absolute Gasteiger partial charge is 0.161 e. The SMILES string of the molecule is CCC1(OC(O)C2C(CI)OC(CI)C2C(O)OC2(CC)CC3CCC2C3)CCCC1. The molecule has 4 fully saturated rings. The van der Waals surface area contributed by atoms with Crippen molar-refractivity contribution >= 4 is 45.2 Å². The largest absolute Gasteiger partial charge is 0.372 e. The molecule has 2 bridgehead atoms. The minimum absolute atomic E-state index is 0.132. The summed E-state index contributed by atoms with van der Waals surface area (Å²) in [7, 11) is 0. The lowest BCUT2D eigenvalue weighted by atomic mass is 9.81. The summed E-state index contributed by atoms with van der Waals surface area (Å²) in [6.07, 6.45) is 8.85. The molecule has 180 valence electrons. The van der Waals surface area contributed by atoms with E-state index in [4.69, 9.17) is 14.2 Å². The van der Waals surface area contributed by atoms with E-state index in [1.54, 1.807) is 0 Å². The summed E-state index contributed by atoms with van der Waals surface area (Å²) in [5.74, 6) is 0.753. The van der Waals surface area contributed by atoms with Crippen LogP contribution in [0.15, 0.2) is 0 Å². The summed E-state index contributed by atoms with van der Waals surface area (Å²) in [5, 5.41) is 22.8. The van der Waals surface area contributed by atoms with Gasteiger partial charge in [-0.15, -0.1) is 0 Å². The maximum atomic E-state index is 11.5. The van der Waals surface area contributed by atoms with Gasteiger partial charge in [0.2, 0.25) is 0 Å². The number of hydrogen-bond donors (Lipinski definition) is 2. The van der Waals surface area contributed by atoms with Gasteiger partial charge < -0.3 is 24.4 Å². The highest BCUT2D eigenvalue weighted by molar-refractivity contribution is 14.1. The van der Waals surface area contributed by atoms with Crippen LogP contribution in [0.5, 0.6) is 0 Å².